The molecule has 1 saturated carbocycles. The Labute approximate surface area is 150 Å². The molecule has 26 heavy (non-hydrogen) atoms. The van der Waals surface area contributed by atoms with Crippen LogP contribution in [0.25, 0.3) is 0 Å². The number of rotatable bonds is 5. The average Bonchev–Trinajstić information content (AvgIpc) is 3.42. The Balaban J connectivity index is 1.70. The van der Waals surface area contributed by atoms with Gasteiger partial charge in [0.05, 0.1) is 12.7 Å². The number of carbonyl (C=O) groups excluding carboxylic acids is 4. The molecular formula is C18H21N3O5. The number of esters is 1. The van der Waals surface area contributed by atoms with Crippen molar-refractivity contribution >= 4 is 29.5 Å². The van der Waals surface area contributed by atoms with Crippen LogP contribution in [0.4, 0.5) is 10.5 Å². The number of anilines is 1. The van der Waals surface area contributed by atoms with Crippen molar-refractivity contribution in [2.24, 2.45) is 5.92 Å². The van der Waals surface area contributed by atoms with Crippen LogP contribution < -0.4 is 10.6 Å². The van der Waals surface area contributed by atoms with Crippen molar-refractivity contribution in [2.45, 2.75) is 32.2 Å². The van der Waals surface area contributed by atoms with Crippen LogP contribution in [0.2, 0.25) is 0 Å². The summed E-state index contributed by atoms with van der Waals surface area (Å²) < 4.78 is 4.67. The van der Waals surface area contributed by atoms with E-state index in [4.69, 9.17) is 0 Å². The number of aryl methyl sites for hydroxylation is 1. The molecule has 1 aromatic carbocycles. The number of ether oxygens (including phenoxy) is 1. The molecule has 8 nitrogen and oxygen atoms in total. The second-order valence-electron chi connectivity index (χ2n) is 6.87. The molecule has 2 fully saturated rings. The lowest BCUT2D eigenvalue weighted by Gasteiger charge is -2.20. The summed E-state index contributed by atoms with van der Waals surface area (Å²) in [6, 6.07) is 4.22. The number of hydrogen-bond acceptors (Lipinski definition) is 5. The summed E-state index contributed by atoms with van der Waals surface area (Å²) in [4.78, 5) is 49.6. The highest BCUT2D eigenvalue weighted by Gasteiger charge is 2.56. The fraction of sp³-hybridized carbons (Fsp3) is 0.444. The first-order valence-corrected chi connectivity index (χ1v) is 8.39. The Morgan fingerprint density at radius 3 is 2.65 bits per heavy atom. The molecular weight excluding hydrogens is 338 g/mol. The molecule has 3 rings (SSSR count). The maximum Gasteiger partial charge on any atom is 0.337 e. The number of imide groups is 1. The summed E-state index contributed by atoms with van der Waals surface area (Å²) in [5.74, 6) is -1.28. The van der Waals surface area contributed by atoms with Gasteiger partial charge in [0.2, 0.25) is 5.91 Å². The van der Waals surface area contributed by atoms with Gasteiger partial charge in [-0.25, -0.2) is 9.59 Å². The van der Waals surface area contributed by atoms with Crippen LogP contribution in [0.3, 0.4) is 0 Å². The number of urea groups is 1. The Morgan fingerprint density at radius 2 is 2.04 bits per heavy atom. The fourth-order valence-corrected chi connectivity index (χ4v) is 3.13. The van der Waals surface area contributed by atoms with Gasteiger partial charge in [-0.15, -0.1) is 0 Å². The van der Waals surface area contributed by atoms with Gasteiger partial charge in [-0.05, 0) is 50.3 Å². The molecule has 138 valence electrons. The Bertz CT molecular complexity index is 802. The zero-order valence-electron chi connectivity index (χ0n) is 14.9. The van der Waals surface area contributed by atoms with E-state index < -0.39 is 23.4 Å². The number of nitrogens with zero attached hydrogens (tertiary/aromatic N) is 1. The minimum absolute atomic E-state index is 0.131. The van der Waals surface area contributed by atoms with Crippen molar-refractivity contribution in [3.05, 3.63) is 29.3 Å². The van der Waals surface area contributed by atoms with Crippen molar-refractivity contribution in [2.75, 3.05) is 19.0 Å². The third-order valence-electron chi connectivity index (χ3n) is 4.93. The molecule has 1 heterocycles. The van der Waals surface area contributed by atoms with Crippen molar-refractivity contribution in [3.63, 3.8) is 0 Å². The van der Waals surface area contributed by atoms with Crippen LogP contribution >= 0.6 is 0 Å². The van der Waals surface area contributed by atoms with Crippen molar-refractivity contribution < 1.29 is 23.9 Å². The second kappa shape index (κ2) is 6.44. The molecule has 0 aromatic heterocycles. The molecule has 1 saturated heterocycles. The van der Waals surface area contributed by atoms with Crippen LogP contribution in [0.5, 0.6) is 0 Å². The summed E-state index contributed by atoms with van der Waals surface area (Å²) >= 11 is 0. The Morgan fingerprint density at radius 1 is 1.35 bits per heavy atom. The lowest BCUT2D eigenvalue weighted by atomic mass is 9.96. The van der Waals surface area contributed by atoms with E-state index in [1.165, 1.54) is 13.2 Å². The lowest BCUT2D eigenvalue weighted by Crippen LogP contribution is -2.46. The van der Waals surface area contributed by atoms with Gasteiger partial charge in [-0.3, -0.25) is 14.5 Å². The lowest BCUT2D eigenvalue weighted by molar-refractivity contribution is -0.134. The van der Waals surface area contributed by atoms with Crippen LogP contribution in [0.1, 0.15) is 35.7 Å². The number of benzene rings is 1. The predicted molar refractivity (Wildman–Crippen MR) is 92.5 cm³/mol. The summed E-state index contributed by atoms with van der Waals surface area (Å²) in [6.45, 7) is 3.09. The zero-order chi connectivity index (χ0) is 19.1. The topological polar surface area (TPSA) is 105 Å². The van der Waals surface area contributed by atoms with Crippen molar-refractivity contribution in [1.29, 1.82) is 0 Å². The van der Waals surface area contributed by atoms with E-state index in [-0.39, 0.29) is 18.4 Å². The highest BCUT2D eigenvalue weighted by atomic mass is 16.5. The normalized spacial score (nSPS) is 22.2. The standard InChI is InChI=1S/C18H21N3O5/c1-10-4-5-11(15(23)26-3)8-13(10)19-14(22)9-21-16(24)18(2,12-6-7-12)20-17(21)25/h4-5,8,12H,6-7,9H2,1-3H3,(H,19,22)(H,20,25)/t18-/m1/s1. The maximum atomic E-state index is 12.6. The molecule has 2 aliphatic rings. The largest absolute Gasteiger partial charge is 0.465 e. The number of methoxy groups -OCH3 is 1. The van der Waals surface area contributed by atoms with Gasteiger partial charge < -0.3 is 15.4 Å². The molecule has 8 heteroatoms. The minimum atomic E-state index is -0.919. The Kier molecular flexibility index (Phi) is 4.43. The van der Waals surface area contributed by atoms with Crippen LogP contribution in [0.15, 0.2) is 18.2 Å². The van der Waals surface area contributed by atoms with E-state index in [1.807, 2.05) is 0 Å². The third-order valence-corrected chi connectivity index (χ3v) is 4.93. The molecule has 1 aromatic rings. The summed E-state index contributed by atoms with van der Waals surface area (Å²) in [5.41, 5.74) is 0.545. The first-order valence-electron chi connectivity index (χ1n) is 8.39. The molecule has 1 aliphatic heterocycles. The highest BCUT2D eigenvalue weighted by molar-refractivity contribution is 6.10. The van der Waals surface area contributed by atoms with Gasteiger partial charge in [0.25, 0.3) is 5.91 Å². The fourth-order valence-electron chi connectivity index (χ4n) is 3.13. The maximum absolute atomic E-state index is 12.6. The van der Waals surface area contributed by atoms with Gasteiger partial charge in [0.15, 0.2) is 0 Å². The Hall–Kier alpha value is -2.90. The minimum Gasteiger partial charge on any atom is -0.465 e. The van der Waals surface area contributed by atoms with E-state index in [2.05, 4.69) is 15.4 Å². The number of hydrogen-bond donors (Lipinski definition) is 2. The summed E-state index contributed by atoms with van der Waals surface area (Å²) in [7, 11) is 1.27. The molecule has 1 atom stereocenters. The smallest absolute Gasteiger partial charge is 0.337 e. The van der Waals surface area contributed by atoms with Crippen LogP contribution in [-0.4, -0.2) is 47.9 Å². The predicted octanol–water partition coefficient (Wildman–Crippen LogP) is 1.44. The zero-order valence-corrected chi connectivity index (χ0v) is 14.9. The van der Waals surface area contributed by atoms with Gasteiger partial charge in [0.1, 0.15) is 12.1 Å². The highest BCUT2D eigenvalue weighted by Crippen LogP contribution is 2.42. The number of amides is 4. The average molecular weight is 359 g/mol. The number of nitrogens with one attached hydrogen (secondary N) is 2. The quantitative estimate of drug-likeness (QED) is 0.611. The SMILES string of the molecule is COC(=O)c1ccc(C)c(NC(=O)CN2C(=O)N[C@](C)(C3CC3)C2=O)c1. The van der Waals surface area contributed by atoms with E-state index in [0.29, 0.717) is 11.3 Å². The monoisotopic (exact) mass is 359 g/mol. The molecule has 0 bridgehead atoms. The van der Waals surface area contributed by atoms with E-state index in [9.17, 15) is 19.2 Å². The van der Waals surface area contributed by atoms with Crippen molar-refractivity contribution in [3.8, 4) is 0 Å². The molecule has 2 N–H and O–H groups in total. The van der Waals surface area contributed by atoms with Crippen LogP contribution in [0, 0.1) is 12.8 Å². The number of carbonyl (C=O) groups is 4. The molecule has 0 spiro atoms. The van der Waals surface area contributed by atoms with Gasteiger partial charge in [-0.2, -0.15) is 0 Å². The van der Waals surface area contributed by atoms with Gasteiger partial charge in [0, 0.05) is 5.69 Å². The molecule has 1 aliphatic carbocycles. The molecule has 4 amide bonds. The second-order valence-corrected chi connectivity index (χ2v) is 6.87. The van der Waals surface area contributed by atoms with E-state index >= 15 is 0 Å². The summed E-state index contributed by atoms with van der Waals surface area (Å²) in [5, 5.41) is 5.35. The van der Waals surface area contributed by atoms with Crippen LogP contribution in [-0.2, 0) is 14.3 Å². The van der Waals surface area contributed by atoms with Gasteiger partial charge in [-0.1, -0.05) is 6.07 Å². The van der Waals surface area contributed by atoms with E-state index in [0.717, 1.165) is 23.3 Å². The van der Waals surface area contributed by atoms with Gasteiger partial charge >= 0.3 is 12.0 Å². The molecule has 0 unspecified atom stereocenters. The van der Waals surface area contributed by atoms with E-state index in [1.54, 1.807) is 26.0 Å². The molecule has 0 radical (unpaired) electrons. The third kappa shape index (κ3) is 3.14. The van der Waals surface area contributed by atoms with Crippen molar-refractivity contribution in [1.82, 2.24) is 10.2 Å². The summed E-state index contributed by atoms with van der Waals surface area (Å²) in [6.07, 6.45) is 1.78. The first kappa shape index (κ1) is 17.9. The first-order chi connectivity index (χ1) is 12.3.